The van der Waals surface area contributed by atoms with Crippen LogP contribution in [-0.2, 0) is 19.1 Å². The molecule has 0 spiro atoms. The van der Waals surface area contributed by atoms with Gasteiger partial charge in [-0.15, -0.1) is 0 Å². The summed E-state index contributed by atoms with van der Waals surface area (Å²) < 4.78 is 11.4. The summed E-state index contributed by atoms with van der Waals surface area (Å²) in [5, 5.41) is 25.3. The van der Waals surface area contributed by atoms with E-state index in [1.165, 1.54) is 42.6 Å². The highest BCUT2D eigenvalue weighted by Gasteiger charge is 2.23. The Hall–Kier alpha value is -2.04. The highest BCUT2D eigenvalue weighted by atomic mass is 32.1. The number of carboxylic acid groups (broad SMARTS) is 2. The molecule has 4 rings (SSSR count). The van der Waals surface area contributed by atoms with Crippen molar-refractivity contribution < 1.29 is 34.2 Å². The number of quaternary nitrogens is 1. The molecule has 0 saturated carbocycles. The molecule has 0 amide bonds. The lowest BCUT2D eigenvalue weighted by molar-refractivity contribution is -0.903. The zero-order valence-corrected chi connectivity index (χ0v) is 18.8. The lowest BCUT2D eigenvalue weighted by atomic mass is 9.91. The highest BCUT2D eigenvalue weighted by molar-refractivity contribution is 7.08. The van der Waals surface area contributed by atoms with Gasteiger partial charge in [-0.1, -0.05) is 5.57 Å². The van der Waals surface area contributed by atoms with Crippen LogP contribution >= 0.6 is 22.7 Å². The van der Waals surface area contributed by atoms with Crippen molar-refractivity contribution in [2.75, 3.05) is 32.8 Å². The first-order chi connectivity index (χ1) is 15.0. The summed E-state index contributed by atoms with van der Waals surface area (Å²) in [6, 6.07) is 4.53. The van der Waals surface area contributed by atoms with Crippen LogP contribution in [-0.4, -0.2) is 56.2 Å². The number of aliphatic carboxylic acids is 2. The summed E-state index contributed by atoms with van der Waals surface area (Å²) in [5.74, 6) is -4.01. The molecule has 4 heterocycles. The molecule has 0 aliphatic carbocycles. The zero-order chi connectivity index (χ0) is 22.1. The number of ether oxygens (including phenoxy) is 2. The second kappa shape index (κ2) is 12.1. The summed E-state index contributed by atoms with van der Waals surface area (Å²) in [6.07, 6.45) is 4.49. The van der Waals surface area contributed by atoms with E-state index in [9.17, 15) is 0 Å². The Balaban J connectivity index is 0.000000401. The molecule has 2 aromatic rings. The molecule has 2 aliphatic heterocycles. The van der Waals surface area contributed by atoms with Crippen molar-refractivity contribution in [2.45, 2.75) is 32.0 Å². The maximum absolute atomic E-state index is 9.04. The molecule has 168 valence electrons. The SMILES string of the molecule is O=C([O-])C(=O)O.c1cc(C(=C2CC[NH+](CCC3OCCCO3)CC2)c2ccsc2)cs1. The molecule has 2 saturated heterocycles. The third-order valence-corrected chi connectivity index (χ3v) is 6.70. The summed E-state index contributed by atoms with van der Waals surface area (Å²) in [6.45, 7) is 5.32. The van der Waals surface area contributed by atoms with Crippen molar-refractivity contribution in [2.24, 2.45) is 0 Å². The summed E-state index contributed by atoms with van der Waals surface area (Å²) >= 11 is 3.58. The lowest BCUT2D eigenvalue weighted by Gasteiger charge is -2.29. The molecule has 7 nitrogen and oxygen atoms in total. The van der Waals surface area contributed by atoms with E-state index in [-0.39, 0.29) is 6.29 Å². The number of rotatable bonds is 5. The van der Waals surface area contributed by atoms with Crippen LogP contribution < -0.4 is 10.0 Å². The average Bonchev–Trinajstić information content (AvgIpc) is 3.50. The van der Waals surface area contributed by atoms with Gasteiger partial charge in [-0.25, -0.2) is 4.79 Å². The molecule has 0 aromatic carbocycles. The second-order valence-electron chi connectivity index (χ2n) is 7.41. The molecule has 2 fully saturated rings. The molecule has 9 heteroatoms. The predicted molar refractivity (Wildman–Crippen MR) is 117 cm³/mol. The Morgan fingerprint density at radius 3 is 2.06 bits per heavy atom. The Labute approximate surface area is 189 Å². The van der Waals surface area contributed by atoms with Crippen molar-refractivity contribution in [3.8, 4) is 0 Å². The topological polar surface area (TPSA) is 100 Å². The van der Waals surface area contributed by atoms with E-state index in [4.69, 9.17) is 29.3 Å². The number of carbonyl (C=O) groups is 2. The second-order valence-corrected chi connectivity index (χ2v) is 8.97. The Morgan fingerprint density at radius 1 is 1.06 bits per heavy atom. The molecule has 0 radical (unpaired) electrons. The van der Waals surface area contributed by atoms with Gasteiger partial charge in [0.05, 0.1) is 32.8 Å². The Morgan fingerprint density at radius 2 is 1.61 bits per heavy atom. The number of nitrogens with one attached hydrogen (secondary N) is 1. The summed E-state index contributed by atoms with van der Waals surface area (Å²) in [7, 11) is 0. The van der Waals surface area contributed by atoms with Crippen LogP contribution in [0.25, 0.3) is 5.57 Å². The van der Waals surface area contributed by atoms with Gasteiger partial charge in [0.1, 0.15) is 0 Å². The van der Waals surface area contributed by atoms with E-state index in [2.05, 4.69) is 33.7 Å². The number of likely N-dealkylation sites (tertiary alicyclic amines) is 1. The molecular formula is C22H27NO6S2. The van der Waals surface area contributed by atoms with Gasteiger partial charge in [0.2, 0.25) is 0 Å². The fourth-order valence-corrected chi connectivity index (χ4v) is 5.11. The normalized spacial score (nSPS) is 19.4. The van der Waals surface area contributed by atoms with Crippen LogP contribution in [0.2, 0.25) is 0 Å². The molecule has 2 aliphatic rings. The maximum Gasteiger partial charge on any atom is 0.351 e. The largest absolute Gasteiger partial charge is 0.539 e. The van der Waals surface area contributed by atoms with Crippen LogP contribution in [0, 0.1) is 0 Å². The number of carbonyl (C=O) groups excluding carboxylic acids is 1. The third-order valence-electron chi connectivity index (χ3n) is 5.34. The zero-order valence-electron chi connectivity index (χ0n) is 17.2. The van der Waals surface area contributed by atoms with E-state index in [0.29, 0.717) is 0 Å². The quantitative estimate of drug-likeness (QED) is 0.645. The minimum atomic E-state index is -2.07. The van der Waals surface area contributed by atoms with Crippen molar-refractivity contribution in [1.29, 1.82) is 0 Å². The standard InChI is InChI=1S/C20H25NO2S2.C2H2O4/c1-10-22-19(23-11-1)4-9-21-7-2-16(3-8-21)20(17-5-12-24-14-17)18-6-13-25-15-18;3-1(4)2(5)6/h5-6,12-15,19H,1-4,7-11H2;(H,3,4)(H,5,6). The van der Waals surface area contributed by atoms with Crippen molar-refractivity contribution >= 4 is 40.2 Å². The van der Waals surface area contributed by atoms with Crippen molar-refractivity contribution in [3.05, 3.63) is 50.4 Å². The van der Waals surface area contributed by atoms with Gasteiger partial charge in [0.15, 0.2) is 12.3 Å². The first-order valence-corrected chi connectivity index (χ1v) is 12.2. The van der Waals surface area contributed by atoms with E-state index in [1.807, 2.05) is 0 Å². The molecule has 0 bridgehead atoms. The molecular weight excluding hydrogens is 438 g/mol. The number of carboxylic acids is 2. The molecule has 2 aromatic heterocycles. The fraction of sp³-hybridized carbons (Fsp3) is 0.455. The van der Waals surface area contributed by atoms with Crippen LogP contribution in [0.3, 0.4) is 0 Å². The first-order valence-electron chi connectivity index (χ1n) is 10.3. The Kier molecular flexibility index (Phi) is 9.23. The molecule has 31 heavy (non-hydrogen) atoms. The smallest absolute Gasteiger partial charge is 0.351 e. The van der Waals surface area contributed by atoms with Gasteiger partial charge in [-0.2, -0.15) is 22.7 Å². The van der Waals surface area contributed by atoms with Crippen LogP contribution in [0.15, 0.2) is 39.2 Å². The number of hydrogen-bond acceptors (Lipinski definition) is 7. The van der Waals surface area contributed by atoms with Crippen molar-refractivity contribution in [3.63, 3.8) is 0 Å². The van der Waals surface area contributed by atoms with E-state index in [1.54, 1.807) is 33.1 Å². The van der Waals surface area contributed by atoms with Crippen LogP contribution in [0.4, 0.5) is 0 Å². The van der Waals surface area contributed by atoms with Gasteiger partial charge < -0.3 is 29.4 Å². The number of piperidine rings is 1. The van der Waals surface area contributed by atoms with Crippen LogP contribution in [0.5, 0.6) is 0 Å². The van der Waals surface area contributed by atoms with Gasteiger partial charge in [-0.05, 0) is 56.8 Å². The van der Waals surface area contributed by atoms with E-state index in [0.717, 1.165) is 32.6 Å². The minimum Gasteiger partial charge on any atom is -0.539 e. The lowest BCUT2D eigenvalue weighted by Crippen LogP contribution is -3.13. The van der Waals surface area contributed by atoms with E-state index >= 15 is 0 Å². The highest BCUT2D eigenvalue weighted by Crippen LogP contribution is 2.32. The minimum absolute atomic E-state index is 0.0327. The van der Waals surface area contributed by atoms with Gasteiger partial charge >= 0.3 is 5.97 Å². The van der Waals surface area contributed by atoms with Crippen LogP contribution in [0.1, 0.15) is 36.8 Å². The predicted octanol–water partition coefficient (Wildman–Crippen LogP) is 1.26. The maximum atomic E-state index is 9.04. The van der Waals surface area contributed by atoms with E-state index < -0.39 is 11.9 Å². The number of hydrogen-bond donors (Lipinski definition) is 2. The molecule has 2 N–H and O–H groups in total. The number of thiophene rings is 2. The fourth-order valence-electron chi connectivity index (χ4n) is 3.82. The average molecular weight is 466 g/mol. The molecule has 0 atom stereocenters. The van der Waals surface area contributed by atoms with Crippen molar-refractivity contribution in [1.82, 2.24) is 0 Å². The molecule has 0 unspecified atom stereocenters. The van der Waals surface area contributed by atoms with Gasteiger partial charge in [0, 0.05) is 19.3 Å². The summed E-state index contributed by atoms with van der Waals surface area (Å²) in [4.78, 5) is 19.7. The third kappa shape index (κ3) is 7.26. The van der Waals surface area contributed by atoms with Gasteiger partial charge in [0.25, 0.3) is 0 Å². The van der Waals surface area contributed by atoms with Gasteiger partial charge in [-0.3, -0.25) is 0 Å². The first kappa shape index (κ1) is 23.6. The summed E-state index contributed by atoms with van der Waals surface area (Å²) in [5.41, 5.74) is 5.91. The monoisotopic (exact) mass is 465 g/mol. The Bertz CT molecular complexity index is 798.